The maximum absolute atomic E-state index is 12.7. The van der Waals surface area contributed by atoms with Crippen LogP contribution in [0.4, 0.5) is 0 Å². The van der Waals surface area contributed by atoms with Gasteiger partial charge in [-0.25, -0.2) is 13.1 Å². The molecule has 0 saturated carbocycles. The van der Waals surface area contributed by atoms with E-state index >= 15 is 0 Å². The molecule has 1 aliphatic heterocycles. The van der Waals surface area contributed by atoms with Crippen molar-refractivity contribution in [2.45, 2.75) is 44.2 Å². The predicted octanol–water partition coefficient (Wildman–Crippen LogP) is 1.57. The Hall–Kier alpha value is -2.26. The fourth-order valence-corrected chi connectivity index (χ4v) is 4.11. The first kappa shape index (κ1) is 18.5. The normalized spacial score (nSPS) is 15.5. The minimum atomic E-state index is -3.79. The second-order valence-electron chi connectivity index (χ2n) is 6.40. The molecule has 1 N–H and O–H groups in total. The van der Waals surface area contributed by atoms with Crippen LogP contribution in [0.1, 0.15) is 48.9 Å². The lowest BCUT2D eigenvalue weighted by atomic mass is 10.1. The maximum atomic E-state index is 12.7. The molecule has 1 aliphatic rings. The summed E-state index contributed by atoms with van der Waals surface area (Å²) in [6.07, 6.45) is 3.47. The van der Waals surface area contributed by atoms with Crippen molar-refractivity contribution in [2.24, 2.45) is 0 Å². The molecule has 1 atom stereocenters. The van der Waals surface area contributed by atoms with Crippen molar-refractivity contribution in [3.8, 4) is 0 Å². The molecule has 26 heavy (non-hydrogen) atoms. The van der Waals surface area contributed by atoms with Gasteiger partial charge in [-0.2, -0.15) is 0 Å². The van der Waals surface area contributed by atoms with Crippen molar-refractivity contribution in [1.29, 1.82) is 0 Å². The minimum absolute atomic E-state index is 0.0669. The van der Waals surface area contributed by atoms with Gasteiger partial charge in [0.05, 0.1) is 10.9 Å². The third kappa shape index (κ3) is 3.78. The molecule has 9 heteroatoms. The molecule has 2 heterocycles. The highest BCUT2D eigenvalue weighted by atomic mass is 32.2. The average Bonchev–Trinajstić information content (AvgIpc) is 3.02. The van der Waals surface area contributed by atoms with E-state index in [0.29, 0.717) is 17.9 Å². The van der Waals surface area contributed by atoms with Gasteiger partial charge in [0.25, 0.3) is 5.91 Å². The first-order chi connectivity index (χ1) is 12.4. The zero-order valence-corrected chi connectivity index (χ0v) is 15.7. The molecular formula is C17H23N5O3S. The Morgan fingerprint density at radius 1 is 1.35 bits per heavy atom. The van der Waals surface area contributed by atoms with Crippen LogP contribution < -0.4 is 4.72 Å². The third-order valence-corrected chi connectivity index (χ3v) is 5.90. The molecule has 1 amide bonds. The summed E-state index contributed by atoms with van der Waals surface area (Å²) in [7, 11) is -3.79. The highest BCUT2D eigenvalue weighted by molar-refractivity contribution is 7.89. The van der Waals surface area contributed by atoms with Crippen molar-refractivity contribution in [2.75, 3.05) is 13.1 Å². The summed E-state index contributed by atoms with van der Waals surface area (Å²) in [5.41, 5.74) is 0.384. The second kappa shape index (κ2) is 7.55. The lowest BCUT2D eigenvalue weighted by Gasteiger charge is -2.31. The molecular weight excluding hydrogens is 354 g/mol. The van der Waals surface area contributed by atoms with Crippen LogP contribution in [0.3, 0.4) is 0 Å². The van der Waals surface area contributed by atoms with Gasteiger partial charge in [0.15, 0.2) is 5.82 Å². The number of nitrogens with one attached hydrogen (secondary N) is 1. The van der Waals surface area contributed by atoms with Gasteiger partial charge in [-0.3, -0.25) is 4.79 Å². The number of benzene rings is 1. The zero-order valence-electron chi connectivity index (χ0n) is 14.9. The van der Waals surface area contributed by atoms with E-state index in [0.717, 1.165) is 25.9 Å². The van der Waals surface area contributed by atoms with Gasteiger partial charge in [-0.15, -0.1) is 10.2 Å². The van der Waals surface area contributed by atoms with Gasteiger partial charge in [0.2, 0.25) is 10.0 Å². The van der Waals surface area contributed by atoms with E-state index < -0.39 is 16.1 Å². The predicted molar refractivity (Wildman–Crippen MR) is 96.0 cm³/mol. The number of aryl methyl sites for hydroxylation is 1. The summed E-state index contributed by atoms with van der Waals surface area (Å²) in [6.45, 7) is 5.91. The molecule has 8 nitrogen and oxygen atoms in total. The van der Waals surface area contributed by atoms with Gasteiger partial charge in [-0.1, -0.05) is 13.0 Å². The zero-order chi connectivity index (χ0) is 18.7. The number of amides is 1. The molecule has 0 bridgehead atoms. The molecule has 1 aromatic carbocycles. The molecule has 1 unspecified atom stereocenters. The first-order valence-electron chi connectivity index (χ1n) is 8.71. The highest BCUT2D eigenvalue weighted by Crippen LogP contribution is 2.19. The SMILES string of the molecule is CCCn1cnnc1C(C)NS(=O)(=O)c1cccc(C(=O)N2CCC2)c1. The Morgan fingerprint density at radius 2 is 2.12 bits per heavy atom. The number of carbonyl (C=O) groups excluding carboxylic acids is 1. The fourth-order valence-electron chi connectivity index (χ4n) is 2.86. The van der Waals surface area contributed by atoms with Crippen molar-refractivity contribution in [1.82, 2.24) is 24.4 Å². The van der Waals surface area contributed by atoms with Crippen LogP contribution in [0.15, 0.2) is 35.5 Å². The molecule has 140 valence electrons. The molecule has 2 aromatic rings. The van der Waals surface area contributed by atoms with Crippen LogP contribution >= 0.6 is 0 Å². The number of rotatable bonds is 7. The summed E-state index contributed by atoms with van der Waals surface area (Å²) >= 11 is 0. The Balaban J connectivity index is 1.79. The summed E-state index contributed by atoms with van der Waals surface area (Å²) < 4.78 is 29.9. The number of nitrogens with zero attached hydrogens (tertiary/aromatic N) is 4. The second-order valence-corrected chi connectivity index (χ2v) is 8.11. The van der Waals surface area contributed by atoms with Crippen LogP contribution in [-0.2, 0) is 16.6 Å². The number of hydrogen-bond donors (Lipinski definition) is 1. The van der Waals surface area contributed by atoms with Gasteiger partial charge in [-0.05, 0) is 38.0 Å². The smallest absolute Gasteiger partial charge is 0.253 e. The van der Waals surface area contributed by atoms with E-state index in [4.69, 9.17) is 0 Å². The Bertz CT molecular complexity index is 889. The largest absolute Gasteiger partial charge is 0.339 e. The standard InChI is InChI=1S/C17H23N5O3S/c1-3-8-22-12-18-19-16(22)13(2)20-26(24,25)15-7-4-6-14(11-15)17(23)21-9-5-10-21/h4,6-7,11-13,20H,3,5,8-10H2,1-2H3. The van der Waals surface area contributed by atoms with Crippen LogP contribution in [0.2, 0.25) is 0 Å². The Labute approximate surface area is 153 Å². The lowest BCUT2D eigenvalue weighted by molar-refractivity contribution is 0.0651. The van der Waals surface area contributed by atoms with Crippen molar-refractivity contribution in [3.63, 3.8) is 0 Å². The number of aromatic nitrogens is 3. The first-order valence-corrected chi connectivity index (χ1v) is 10.2. The van der Waals surface area contributed by atoms with E-state index in [9.17, 15) is 13.2 Å². The van der Waals surface area contributed by atoms with E-state index in [2.05, 4.69) is 14.9 Å². The fraction of sp³-hybridized carbons (Fsp3) is 0.471. The van der Waals surface area contributed by atoms with E-state index in [1.54, 1.807) is 30.3 Å². The monoisotopic (exact) mass is 377 g/mol. The average molecular weight is 377 g/mol. The number of sulfonamides is 1. The summed E-state index contributed by atoms with van der Waals surface area (Å²) in [5, 5.41) is 7.89. The minimum Gasteiger partial charge on any atom is -0.339 e. The topological polar surface area (TPSA) is 97.2 Å². The molecule has 0 radical (unpaired) electrons. The van der Waals surface area contributed by atoms with Gasteiger partial charge < -0.3 is 9.47 Å². The maximum Gasteiger partial charge on any atom is 0.253 e. The van der Waals surface area contributed by atoms with Gasteiger partial charge >= 0.3 is 0 Å². The molecule has 0 spiro atoms. The molecule has 1 saturated heterocycles. The van der Waals surface area contributed by atoms with Crippen molar-refractivity contribution < 1.29 is 13.2 Å². The number of likely N-dealkylation sites (tertiary alicyclic amines) is 1. The Kier molecular flexibility index (Phi) is 5.38. The van der Waals surface area contributed by atoms with Crippen LogP contribution in [0.5, 0.6) is 0 Å². The quantitative estimate of drug-likeness (QED) is 0.790. The van der Waals surface area contributed by atoms with Crippen LogP contribution in [-0.4, -0.2) is 47.1 Å². The summed E-state index contributed by atoms with van der Waals surface area (Å²) in [5.74, 6) is 0.423. The van der Waals surface area contributed by atoms with Crippen molar-refractivity contribution >= 4 is 15.9 Å². The highest BCUT2D eigenvalue weighted by Gasteiger charge is 2.25. The van der Waals surface area contributed by atoms with Crippen LogP contribution in [0, 0.1) is 0 Å². The molecule has 3 rings (SSSR count). The van der Waals surface area contributed by atoms with Gasteiger partial charge in [0, 0.05) is 25.2 Å². The molecule has 1 fully saturated rings. The molecule has 0 aliphatic carbocycles. The lowest BCUT2D eigenvalue weighted by Crippen LogP contribution is -2.42. The Morgan fingerprint density at radius 3 is 2.77 bits per heavy atom. The number of hydrogen-bond acceptors (Lipinski definition) is 5. The van der Waals surface area contributed by atoms with E-state index in [-0.39, 0.29) is 10.8 Å². The summed E-state index contributed by atoms with van der Waals surface area (Å²) in [4.78, 5) is 14.1. The third-order valence-electron chi connectivity index (χ3n) is 4.36. The van der Waals surface area contributed by atoms with Gasteiger partial charge in [0.1, 0.15) is 6.33 Å². The summed E-state index contributed by atoms with van der Waals surface area (Å²) in [6, 6.07) is 5.60. The number of carbonyl (C=O) groups is 1. The van der Waals surface area contributed by atoms with E-state index in [1.807, 2.05) is 11.5 Å². The van der Waals surface area contributed by atoms with E-state index in [1.165, 1.54) is 12.1 Å². The van der Waals surface area contributed by atoms with Crippen LogP contribution in [0.25, 0.3) is 0 Å². The molecule has 1 aromatic heterocycles. The van der Waals surface area contributed by atoms with Crippen molar-refractivity contribution in [3.05, 3.63) is 42.0 Å².